The van der Waals surface area contributed by atoms with Crippen molar-refractivity contribution < 1.29 is 19.1 Å². The van der Waals surface area contributed by atoms with Gasteiger partial charge in [0.2, 0.25) is 5.91 Å². The Morgan fingerprint density at radius 3 is 2.88 bits per heavy atom. The second-order valence-corrected chi connectivity index (χ2v) is 6.12. The predicted molar refractivity (Wildman–Crippen MR) is 91.9 cm³/mol. The second kappa shape index (κ2) is 9.30. The summed E-state index contributed by atoms with van der Waals surface area (Å²) in [5, 5.41) is 0. The Bertz CT molecular complexity index is 558. The molecule has 1 amide bonds. The first-order chi connectivity index (χ1) is 11.6. The molecule has 2 rings (SSSR count). The topological polar surface area (TPSA) is 55.8 Å². The minimum atomic E-state index is -0.413. The number of aryl methyl sites for hydroxylation is 1. The molecule has 1 aliphatic rings. The summed E-state index contributed by atoms with van der Waals surface area (Å²) in [6.45, 7) is 5.29. The smallest absolute Gasteiger partial charge is 0.328 e. The average Bonchev–Trinajstić information content (AvgIpc) is 2.59. The number of likely N-dealkylation sites (tertiary alicyclic amines) is 1. The SMILES string of the molecule is CCOC(=O)C1CCCCN1C(=O)CCCOc1cccc(C)c1. The van der Waals surface area contributed by atoms with Gasteiger partial charge >= 0.3 is 5.97 Å². The van der Waals surface area contributed by atoms with Crippen LogP contribution in [-0.4, -0.2) is 42.6 Å². The molecule has 1 aromatic rings. The van der Waals surface area contributed by atoms with Crippen LogP contribution in [0.15, 0.2) is 24.3 Å². The molecule has 1 aliphatic heterocycles. The molecule has 1 unspecified atom stereocenters. The number of nitrogens with zero attached hydrogens (tertiary/aromatic N) is 1. The van der Waals surface area contributed by atoms with Gasteiger partial charge in [-0.05, 0) is 57.2 Å². The van der Waals surface area contributed by atoms with E-state index in [0.717, 1.165) is 24.2 Å². The molecule has 132 valence electrons. The van der Waals surface area contributed by atoms with Crippen molar-refractivity contribution in [2.24, 2.45) is 0 Å². The van der Waals surface area contributed by atoms with Crippen LogP contribution in [0, 0.1) is 6.92 Å². The molecule has 1 atom stereocenters. The maximum atomic E-state index is 12.4. The van der Waals surface area contributed by atoms with E-state index in [1.54, 1.807) is 11.8 Å². The zero-order chi connectivity index (χ0) is 17.4. The van der Waals surface area contributed by atoms with Gasteiger partial charge in [-0.3, -0.25) is 4.79 Å². The van der Waals surface area contributed by atoms with Crippen LogP contribution in [0.2, 0.25) is 0 Å². The molecule has 5 heteroatoms. The third-order valence-corrected chi connectivity index (χ3v) is 4.18. The maximum absolute atomic E-state index is 12.4. The van der Waals surface area contributed by atoms with Gasteiger partial charge in [-0.2, -0.15) is 0 Å². The second-order valence-electron chi connectivity index (χ2n) is 6.12. The Kier molecular flexibility index (Phi) is 7.09. The first-order valence-corrected chi connectivity index (χ1v) is 8.77. The standard InChI is InChI=1S/C19H27NO4/c1-3-23-19(22)17-10-4-5-12-20(17)18(21)11-7-13-24-16-9-6-8-15(2)14-16/h6,8-9,14,17H,3-5,7,10-13H2,1-2H3. The molecule has 24 heavy (non-hydrogen) atoms. The number of benzene rings is 1. The van der Waals surface area contributed by atoms with Gasteiger partial charge < -0.3 is 14.4 Å². The Hall–Kier alpha value is -2.04. The fourth-order valence-corrected chi connectivity index (χ4v) is 2.98. The maximum Gasteiger partial charge on any atom is 0.328 e. The van der Waals surface area contributed by atoms with Crippen molar-refractivity contribution in [3.8, 4) is 5.75 Å². The lowest BCUT2D eigenvalue weighted by Crippen LogP contribution is -2.48. The van der Waals surface area contributed by atoms with Gasteiger partial charge in [0, 0.05) is 13.0 Å². The molecule has 0 spiro atoms. The Labute approximate surface area is 143 Å². The molecule has 5 nitrogen and oxygen atoms in total. The minimum Gasteiger partial charge on any atom is -0.494 e. The first kappa shape index (κ1) is 18.3. The van der Waals surface area contributed by atoms with Crippen LogP contribution in [0.25, 0.3) is 0 Å². The summed E-state index contributed by atoms with van der Waals surface area (Å²) in [4.78, 5) is 26.2. The van der Waals surface area contributed by atoms with E-state index in [2.05, 4.69) is 0 Å². The van der Waals surface area contributed by atoms with Gasteiger partial charge in [-0.15, -0.1) is 0 Å². The predicted octanol–water partition coefficient (Wildman–Crippen LogP) is 3.10. The van der Waals surface area contributed by atoms with Crippen LogP contribution < -0.4 is 4.74 Å². The molecular formula is C19H27NO4. The highest BCUT2D eigenvalue weighted by molar-refractivity contribution is 5.84. The lowest BCUT2D eigenvalue weighted by molar-refractivity contribution is -0.156. The normalized spacial score (nSPS) is 17.4. The quantitative estimate of drug-likeness (QED) is 0.568. The third kappa shape index (κ3) is 5.25. The van der Waals surface area contributed by atoms with E-state index in [9.17, 15) is 9.59 Å². The molecule has 0 bridgehead atoms. The fourth-order valence-electron chi connectivity index (χ4n) is 2.98. The highest BCUT2D eigenvalue weighted by Crippen LogP contribution is 2.20. The van der Waals surface area contributed by atoms with E-state index in [1.807, 2.05) is 31.2 Å². The Morgan fingerprint density at radius 1 is 1.29 bits per heavy atom. The number of hydrogen-bond donors (Lipinski definition) is 0. The van der Waals surface area contributed by atoms with Crippen molar-refractivity contribution in [2.75, 3.05) is 19.8 Å². The summed E-state index contributed by atoms with van der Waals surface area (Å²) in [7, 11) is 0. The Balaban J connectivity index is 1.78. The van der Waals surface area contributed by atoms with Crippen LogP contribution in [0.1, 0.15) is 44.6 Å². The van der Waals surface area contributed by atoms with Crippen LogP contribution in [0.3, 0.4) is 0 Å². The number of hydrogen-bond acceptors (Lipinski definition) is 4. The summed E-state index contributed by atoms with van der Waals surface area (Å²) in [5.74, 6) is 0.562. The van der Waals surface area contributed by atoms with E-state index in [-0.39, 0.29) is 11.9 Å². The van der Waals surface area contributed by atoms with Crippen molar-refractivity contribution >= 4 is 11.9 Å². The van der Waals surface area contributed by atoms with Crippen molar-refractivity contribution in [1.29, 1.82) is 0 Å². The van der Waals surface area contributed by atoms with Gasteiger partial charge in [0.1, 0.15) is 11.8 Å². The number of rotatable bonds is 7. The third-order valence-electron chi connectivity index (χ3n) is 4.18. The van der Waals surface area contributed by atoms with Gasteiger partial charge in [0.25, 0.3) is 0 Å². The monoisotopic (exact) mass is 333 g/mol. The van der Waals surface area contributed by atoms with Crippen molar-refractivity contribution in [3.63, 3.8) is 0 Å². The molecule has 1 saturated heterocycles. The molecule has 1 fully saturated rings. The molecule has 1 heterocycles. The molecule has 0 N–H and O–H groups in total. The number of carbonyl (C=O) groups is 2. The van der Waals surface area contributed by atoms with Gasteiger partial charge in [0.15, 0.2) is 0 Å². The van der Waals surface area contributed by atoms with E-state index in [0.29, 0.717) is 39.0 Å². The summed E-state index contributed by atoms with van der Waals surface area (Å²) >= 11 is 0. The number of piperidine rings is 1. The summed E-state index contributed by atoms with van der Waals surface area (Å²) < 4.78 is 10.8. The minimum absolute atomic E-state index is 0.0144. The molecule has 0 aromatic heterocycles. The van der Waals surface area contributed by atoms with Crippen molar-refractivity contribution in [1.82, 2.24) is 4.90 Å². The van der Waals surface area contributed by atoms with Crippen LogP contribution in [0.4, 0.5) is 0 Å². The molecule has 0 aliphatic carbocycles. The zero-order valence-corrected chi connectivity index (χ0v) is 14.6. The lowest BCUT2D eigenvalue weighted by Gasteiger charge is -2.34. The van der Waals surface area contributed by atoms with Gasteiger partial charge in [-0.25, -0.2) is 4.79 Å². The van der Waals surface area contributed by atoms with Crippen molar-refractivity contribution in [3.05, 3.63) is 29.8 Å². The number of ether oxygens (including phenoxy) is 2. The Morgan fingerprint density at radius 2 is 2.12 bits per heavy atom. The first-order valence-electron chi connectivity index (χ1n) is 8.77. The van der Waals surface area contributed by atoms with Gasteiger partial charge in [0.05, 0.1) is 13.2 Å². The number of carbonyl (C=O) groups excluding carboxylic acids is 2. The van der Waals surface area contributed by atoms with E-state index in [4.69, 9.17) is 9.47 Å². The van der Waals surface area contributed by atoms with Crippen LogP contribution in [-0.2, 0) is 14.3 Å². The van der Waals surface area contributed by atoms with Crippen LogP contribution >= 0.6 is 0 Å². The summed E-state index contributed by atoms with van der Waals surface area (Å²) in [5.41, 5.74) is 1.15. The zero-order valence-electron chi connectivity index (χ0n) is 14.6. The number of esters is 1. The largest absolute Gasteiger partial charge is 0.494 e. The van der Waals surface area contributed by atoms with E-state index in [1.165, 1.54) is 0 Å². The fraction of sp³-hybridized carbons (Fsp3) is 0.579. The lowest BCUT2D eigenvalue weighted by atomic mass is 10.0. The van der Waals surface area contributed by atoms with E-state index >= 15 is 0 Å². The van der Waals surface area contributed by atoms with Gasteiger partial charge in [-0.1, -0.05) is 12.1 Å². The highest BCUT2D eigenvalue weighted by Gasteiger charge is 2.32. The summed E-state index contributed by atoms with van der Waals surface area (Å²) in [6.07, 6.45) is 3.63. The highest BCUT2D eigenvalue weighted by atomic mass is 16.5. The van der Waals surface area contributed by atoms with Crippen molar-refractivity contribution in [2.45, 2.75) is 52.0 Å². The van der Waals surface area contributed by atoms with E-state index < -0.39 is 6.04 Å². The number of amides is 1. The molecule has 1 aromatic carbocycles. The summed E-state index contributed by atoms with van der Waals surface area (Å²) in [6, 6.07) is 7.44. The molecule has 0 saturated carbocycles. The molecule has 0 radical (unpaired) electrons. The van der Waals surface area contributed by atoms with Crippen LogP contribution in [0.5, 0.6) is 5.75 Å². The molecular weight excluding hydrogens is 306 g/mol. The average molecular weight is 333 g/mol.